The van der Waals surface area contributed by atoms with Crippen molar-refractivity contribution in [2.24, 2.45) is 0 Å². The van der Waals surface area contributed by atoms with Crippen molar-refractivity contribution in [2.75, 3.05) is 6.61 Å². The van der Waals surface area contributed by atoms with Crippen LogP contribution in [0.3, 0.4) is 0 Å². The lowest BCUT2D eigenvalue weighted by molar-refractivity contribution is -0.157. The van der Waals surface area contributed by atoms with Crippen molar-refractivity contribution < 1.29 is 14.6 Å². The number of esters is 1. The second-order valence-corrected chi connectivity index (χ2v) is 7.33. The Kier molecular flexibility index (Phi) is 8.19. The molecular formula is C26H29NO3. The lowest BCUT2D eigenvalue weighted by Crippen LogP contribution is -2.48. The Morgan fingerprint density at radius 1 is 0.800 bits per heavy atom. The zero-order valence-electron chi connectivity index (χ0n) is 17.4. The molecule has 1 N–H and O–H groups in total. The number of carbonyl (C=O) groups is 1. The molecule has 0 radical (unpaired) electrons. The predicted molar refractivity (Wildman–Crippen MR) is 119 cm³/mol. The molecular weight excluding hydrogens is 374 g/mol. The largest absolute Gasteiger partial charge is 0.464 e. The van der Waals surface area contributed by atoms with E-state index in [0.717, 1.165) is 16.7 Å². The summed E-state index contributed by atoms with van der Waals surface area (Å²) in [6, 6.07) is 29.8. The van der Waals surface area contributed by atoms with E-state index < -0.39 is 18.1 Å². The highest BCUT2D eigenvalue weighted by Gasteiger charge is 2.32. The van der Waals surface area contributed by atoms with Gasteiger partial charge in [0.15, 0.2) is 6.10 Å². The second kappa shape index (κ2) is 11.3. The van der Waals surface area contributed by atoms with Gasteiger partial charge in [0.1, 0.15) is 0 Å². The van der Waals surface area contributed by atoms with Crippen molar-refractivity contribution in [3.8, 4) is 0 Å². The number of carbonyl (C=O) groups excluding carboxylic acids is 1. The molecule has 0 aromatic heterocycles. The summed E-state index contributed by atoms with van der Waals surface area (Å²) in [5.41, 5.74) is 3.32. The van der Waals surface area contributed by atoms with E-state index in [1.54, 1.807) is 6.92 Å². The third-order valence-corrected chi connectivity index (χ3v) is 5.11. The van der Waals surface area contributed by atoms with Crippen molar-refractivity contribution in [3.63, 3.8) is 0 Å². The van der Waals surface area contributed by atoms with Gasteiger partial charge in [-0.1, -0.05) is 91.0 Å². The minimum atomic E-state index is -1.24. The molecule has 2 atom stereocenters. The van der Waals surface area contributed by atoms with Crippen molar-refractivity contribution in [1.29, 1.82) is 0 Å². The minimum Gasteiger partial charge on any atom is -0.464 e. The maximum Gasteiger partial charge on any atom is 0.336 e. The van der Waals surface area contributed by atoms with Gasteiger partial charge in [0.25, 0.3) is 0 Å². The zero-order valence-corrected chi connectivity index (χ0v) is 17.4. The van der Waals surface area contributed by atoms with Crippen molar-refractivity contribution >= 4 is 5.97 Å². The normalized spacial score (nSPS) is 13.0. The van der Waals surface area contributed by atoms with E-state index in [1.165, 1.54) is 0 Å². The van der Waals surface area contributed by atoms with Gasteiger partial charge in [0.2, 0.25) is 0 Å². The fraction of sp³-hybridized carbons (Fsp3) is 0.269. The van der Waals surface area contributed by atoms with E-state index in [9.17, 15) is 9.90 Å². The molecule has 0 aliphatic carbocycles. The van der Waals surface area contributed by atoms with Crippen LogP contribution in [0.4, 0.5) is 0 Å². The van der Waals surface area contributed by atoms with Gasteiger partial charge in [-0.3, -0.25) is 4.90 Å². The number of aliphatic hydroxyl groups is 1. The van der Waals surface area contributed by atoms with Gasteiger partial charge in [-0.05, 0) is 30.0 Å². The van der Waals surface area contributed by atoms with Gasteiger partial charge in [-0.2, -0.15) is 0 Å². The summed E-state index contributed by atoms with van der Waals surface area (Å²) in [6.07, 6.45) is -0.696. The lowest BCUT2D eigenvalue weighted by atomic mass is 9.98. The van der Waals surface area contributed by atoms with Crippen LogP contribution in [0, 0.1) is 0 Å². The first kappa shape index (κ1) is 21.8. The SMILES string of the molecule is CCOC(=O)[C@H](O)[C@H](Cc1ccccc1)N(Cc1ccccc1)Cc1ccccc1. The topological polar surface area (TPSA) is 49.8 Å². The van der Waals surface area contributed by atoms with Gasteiger partial charge in [-0.25, -0.2) is 4.79 Å². The van der Waals surface area contributed by atoms with E-state index in [-0.39, 0.29) is 6.61 Å². The molecule has 0 spiro atoms. The smallest absolute Gasteiger partial charge is 0.336 e. The van der Waals surface area contributed by atoms with Crippen LogP contribution in [-0.4, -0.2) is 34.7 Å². The monoisotopic (exact) mass is 403 g/mol. The van der Waals surface area contributed by atoms with Crippen LogP contribution in [0.2, 0.25) is 0 Å². The van der Waals surface area contributed by atoms with Crippen LogP contribution in [0.5, 0.6) is 0 Å². The van der Waals surface area contributed by atoms with E-state index >= 15 is 0 Å². The molecule has 3 rings (SSSR count). The summed E-state index contributed by atoms with van der Waals surface area (Å²) in [4.78, 5) is 14.7. The first-order valence-corrected chi connectivity index (χ1v) is 10.4. The highest BCUT2D eigenvalue weighted by atomic mass is 16.5. The van der Waals surface area contributed by atoms with E-state index in [0.29, 0.717) is 19.5 Å². The Morgan fingerprint density at radius 3 is 1.67 bits per heavy atom. The van der Waals surface area contributed by atoms with Gasteiger partial charge in [-0.15, -0.1) is 0 Å². The Bertz CT molecular complexity index is 842. The van der Waals surface area contributed by atoms with Crippen LogP contribution in [0.1, 0.15) is 23.6 Å². The lowest BCUT2D eigenvalue weighted by Gasteiger charge is -2.34. The van der Waals surface area contributed by atoms with Crippen LogP contribution < -0.4 is 0 Å². The summed E-state index contributed by atoms with van der Waals surface area (Å²) in [5, 5.41) is 11.0. The summed E-state index contributed by atoms with van der Waals surface area (Å²) >= 11 is 0. The number of benzene rings is 3. The van der Waals surface area contributed by atoms with E-state index in [2.05, 4.69) is 29.2 Å². The van der Waals surface area contributed by atoms with Gasteiger partial charge in [0, 0.05) is 13.1 Å². The molecule has 156 valence electrons. The molecule has 0 aliphatic rings. The quantitative estimate of drug-likeness (QED) is 0.515. The third-order valence-electron chi connectivity index (χ3n) is 5.11. The number of aliphatic hydroxyl groups excluding tert-OH is 1. The molecule has 0 bridgehead atoms. The van der Waals surface area contributed by atoms with Gasteiger partial charge in [0.05, 0.1) is 12.6 Å². The van der Waals surface area contributed by atoms with Crippen LogP contribution >= 0.6 is 0 Å². The molecule has 0 saturated carbocycles. The summed E-state index contributed by atoms with van der Waals surface area (Å²) in [7, 11) is 0. The molecule has 4 heteroatoms. The Morgan fingerprint density at radius 2 is 1.23 bits per heavy atom. The van der Waals surface area contributed by atoms with Crippen LogP contribution in [0.15, 0.2) is 91.0 Å². The fourth-order valence-corrected chi connectivity index (χ4v) is 3.61. The number of hydrogen-bond donors (Lipinski definition) is 1. The first-order valence-electron chi connectivity index (χ1n) is 10.4. The Hall–Kier alpha value is -2.95. The Balaban J connectivity index is 1.93. The number of ether oxygens (including phenoxy) is 1. The maximum atomic E-state index is 12.5. The summed E-state index contributed by atoms with van der Waals surface area (Å²) in [6.45, 7) is 3.22. The van der Waals surface area contributed by atoms with E-state index in [1.807, 2.05) is 66.7 Å². The van der Waals surface area contributed by atoms with E-state index in [4.69, 9.17) is 4.74 Å². The molecule has 0 amide bonds. The summed E-state index contributed by atoms with van der Waals surface area (Å²) in [5.74, 6) is -0.579. The Labute approximate surface area is 178 Å². The predicted octanol–water partition coefficient (Wildman–Crippen LogP) is 4.22. The highest BCUT2D eigenvalue weighted by Crippen LogP contribution is 2.20. The minimum absolute atomic E-state index is 0.241. The van der Waals surface area contributed by atoms with Gasteiger partial charge < -0.3 is 9.84 Å². The van der Waals surface area contributed by atoms with Crippen LogP contribution in [0.25, 0.3) is 0 Å². The molecule has 0 fully saturated rings. The number of rotatable bonds is 10. The van der Waals surface area contributed by atoms with Gasteiger partial charge >= 0.3 is 5.97 Å². The molecule has 0 heterocycles. The summed E-state index contributed by atoms with van der Waals surface area (Å²) < 4.78 is 5.16. The highest BCUT2D eigenvalue weighted by molar-refractivity contribution is 5.75. The second-order valence-electron chi connectivity index (χ2n) is 7.33. The fourth-order valence-electron chi connectivity index (χ4n) is 3.61. The van der Waals surface area contributed by atoms with Crippen LogP contribution in [-0.2, 0) is 29.0 Å². The average Bonchev–Trinajstić information content (AvgIpc) is 2.79. The molecule has 0 aliphatic heterocycles. The molecule has 0 saturated heterocycles. The number of nitrogens with zero attached hydrogens (tertiary/aromatic N) is 1. The van der Waals surface area contributed by atoms with Crippen molar-refractivity contribution in [2.45, 2.75) is 38.6 Å². The van der Waals surface area contributed by atoms with Crippen molar-refractivity contribution in [1.82, 2.24) is 4.90 Å². The average molecular weight is 404 g/mol. The third kappa shape index (κ3) is 6.28. The first-order chi connectivity index (χ1) is 14.7. The molecule has 0 unspecified atom stereocenters. The molecule has 30 heavy (non-hydrogen) atoms. The maximum absolute atomic E-state index is 12.5. The molecule has 3 aromatic carbocycles. The standard InChI is InChI=1S/C26H29NO3/c1-2-30-26(29)25(28)24(18-21-12-6-3-7-13-21)27(19-22-14-8-4-9-15-22)20-23-16-10-5-11-17-23/h3-17,24-25,28H,2,18-20H2,1H3/t24-,25+/m0/s1. The van der Waals surface area contributed by atoms with Crippen molar-refractivity contribution in [3.05, 3.63) is 108 Å². The zero-order chi connectivity index (χ0) is 21.2. The molecule has 4 nitrogen and oxygen atoms in total. The molecule has 3 aromatic rings. The number of hydrogen-bond acceptors (Lipinski definition) is 4.